The summed E-state index contributed by atoms with van der Waals surface area (Å²) < 4.78 is 27.3. The van der Waals surface area contributed by atoms with Gasteiger partial charge in [-0.1, -0.05) is 23.5 Å². The van der Waals surface area contributed by atoms with Gasteiger partial charge in [-0.15, -0.1) is 11.8 Å². The molecule has 2 rings (SSSR count). The van der Waals surface area contributed by atoms with Crippen molar-refractivity contribution >= 4 is 28.2 Å². The molecule has 0 spiro atoms. The summed E-state index contributed by atoms with van der Waals surface area (Å²) >= 11 is 2.77. The molecule has 0 aliphatic rings. The Labute approximate surface area is 106 Å². The summed E-state index contributed by atoms with van der Waals surface area (Å²) in [5.41, 5.74) is 6.74. The first-order chi connectivity index (χ1) is 8.08. The molecule has 0 unspecified atom stereocenters. The van der Waals surface area contributed by atoms with E-state index >= 15 is 0 Å². The van der Waals surface area contributed by atoms with Gasteiger partial charge in [-0.3, -0.25) is 0 Å². The van der Waals surface area contributed by atoms with E-state index in [1.165, 1.54) is 29.2 Å². The number of aromatic nitrogens is 1. The number of thioether (sulfide) groups is 1. The van der Waals surface area contributed by atoms with E-state index in [0.29, 0.717) is 16.4 Å². The van der Waals surface area contributed by atoms with Gasteiger partial charge in [0.2, 0.25) is 0 Å². The molecule has 0 aliphatic heterocycles. The number of thiazole rings is 1. The van der Waals surface area contributed by atoms with Crippen LogP contribution in [0.1, 0.15) is 11.3 Å². The van der Waals surface area contributed by atoms with E-state index in [0.717, 1.165) is 16.0 Å². The lowest BCUT2D eigenvalue weighted by Crippen LogP contribution is -1.91. The number of halogens is 2. The van der Waals surface area contributed by atoms with E-state index < -0.39 is 11.6 Å². The average molecular weight is 272 g/mol. The Morgan fingerprint density at radius 2 is 2.18 bits per heavy atom. The smallest absolute Gasteiger partial charge is 0.181 e. The van der Waals surface area contributed by atoms with Gasteiger partial charge in [-0.25, -0.2) is 13.8 Å². The highest BCUT2D eigenvalue weighted by atomic mass is 32.2. The van der Waals surface area contributed by atoms with Crippen LogP contribution in [0.4, 0.5) is 13.9 Å². The topological polar surface area (TPSA) is 38.9 Å². The van der Waals surface area contributed by atoms with Gasteiger partial charge in [-0.05, 0) is 13.0 Å². The molecule has 2 nitrogen and oxygen atoms in total. The predicted octanol–water partition coefficient (Wildman–Crippen LogP) is 3.60. The highest BCUT2D eigenvalue weighted by Gasteiger charge is 2.10. The molecule has 0 saturated heterocycles. The molecule has 0 aliphatic carbocycles. The van der Waals surface area contributed by atoms with Crippen LogP contribution < -0.4 is 5.73 Å². The van der Waals surface area contributed by atoms with Crippen molar-refractivity contribution in [2.75, 3.05) is 5.73 Å². The van der Waals surface area contributed by atoms with E-state index in [1.54, 1.807) is 6.07 Å². The largest absolute Gasteiger partial charge is 0.375 e. The van der Waals surface area contributed by atoms with Crippen LogP contribution >= 0.6 is 23.1 Å². The highest BCUT2D eigenvalue weighted by Crippen LogP contribution is 2.33. The molecule has 0 fully saturated rings. The Kier molecular flexibility index (Phi) is 3.63. The minimum atomic E-state index is -0.816. The lowest BCUT2D eigenvalue weighted by atomic mass is 10.2. The van der Waals surface area contributed by atoms with Gasteiger partial charge >= 0.3 is 0 Å². The van der Waals surface area contributed by atoms with Crippen molar-refractivity contribution in [3.8, 4) is 0 Å². The fourth-order valence-electron chi connectivity index (χ4n) is 1.34. The first kappa shape index (κ1) is 12.3. The van der Waals surface area contributed by atoms with Crippen molar-refractivity contribution in [3.05, 3.63) is 41.1 Å². The summed E-state index contributed by atoms with van der Waals surface area (Å²) in [5, 5.41) is 0.490. The fraction of sp³-hybridized carbons (Fsp3) is 0.182. The summed E-state index contributed by atoms with van der Waals surface area (Å²) in [7, 11) is 0. The molecular formula is C11H10F2N2S2. The van der Waals surface area contributed by atoms with Gasteiger partial charge in [0.15, 0.2) is 16.8 Å². The monoisotopic (exact) mass is 272 g/mol. The first-order valence-corrected chi connectivity index (χ1v) is 6.66. The third kappa shape index (κ3) is 2.76. The van der Waals surface area contributed by atoms with Crippen molar-refractivity contribution in [1.82, 2.24) is 4.98 Å². The van der Waals surface area contributed by atoms with Gasteiger partial charge in [0.05, 0.1) is 9.90 Å². The average Bonchev–Trinajstić information content (AvgIpc) is 2.60. The molecule has 0 saturated carbocycles. The van der Waals surface area contributed by atoms with Crippen LogP contribution in [0.25, 0.3) is 0 Å². The zero-order chi connectivity index (χ0) is 12.4. The van der Waals surface area contributed by atoms with Gasteiger partial charge < -0.3 is 5.73 Å². The molecule has 1 aromatic carbocycles. The predicted molar refractivity (Wildman–Crippen MR) is 67.2 cm³/mol. The third-order valence-electron chi connectivity index (χ3n) is 2.16. The number of hydrogen-bond acceptors (Lipinski definition) is 4. The Hall–Kier alpha value is -1.14. The lowest BCUT2D eigenvalue weighted by Gasteiger charge is -2.02. The SMILES string of the molecule is Cc1nc(N)sc1SCc1cccc(F)c1F. The summed E-state index contributed by atoms with van der Waals surface area (Å²) in [6, 6.07) is 4.19. The van der Waals surface area contributed by atoms with Crippen LogP contribution in [0, 0.1) is 18.6 Å². The number of nitrogen functional groups attached to an aromatic ring is 1. The summed E-state index contributed by atoms with van der Waals surface area (Å²) in [5.74, 6) is -1.23. The second-order valence-electron chi connectivity index (χ2n) is 3.43. The normalized spacial score (nSPS) is 10.8. The second-order valence-corrected chi connectivity index (χ2v) is 5.70. The van der Waals surface area contributed by atoms with Crippen molar-refractivity contribution < 1.29 is 8.78 Å². The van der Waals surface area contributed by atoms with E-state index in [4.69, 9.17) is 5.73 Å². The number of rotatable bonds is 3. The van der Waals surface area contributed by atoms with Crippen LogP contribution in [0.15, 0.2) is 22.4 Å². The first-order valence-electron chi connectivity index (χ1n) is 4.86. The Bertz CT molecular complexity index is 540. The van der Waals surface area contributed by atoms with Crippen molar-refractivity contribution in [2.24, 2.45) is 0 Å². The molecule has 0 bridgehead atoms. The number of aryl methyl sites for hydroxylation is 1. The molecule has 0 amide bonds. The molecule has 2 aromatic rings. The number of hydrogen-bond donors (Lipinski definition) is 1. The molecule has 17 heavy (non-hydrogen) atoms. The quantitative estimate of drug-likeness (QED) is 0.868. The molecule has 90 valence electrons. The summed E-state index contributed by atoms with van der Waals surface area (Å²) in [4.78, 5) is 4.07. The third-order valence-corrected chi connectivity index (χ3v) is 4.56. The maximum absolute atomic E-state index is 13.4. The van der Waals surface area contributed by atoms with Crippen molar-refractivity contribution in [3.63, 3.8) is 0 Å². The minimum absolute atomic E-state index is 0.348. The molecular weight excluding hydrogens is 262 g/mol. The number of nitrogens with zero attached hydrogens (tertiary/aromatic N) is 1. The lowest BCUT2D eigenvalue weighted by molar-refractivity contribution is 0.502. The van der Waals surface area contributed by atoms with Gasteiger partial charge in [0.25, 0.3) is 0 Å². The summed E-state index contributed by atoms with van der Waals surface area (Å²) in [6.07, 6.45) is 0. The van der Waals surface area contributed by atoms with Crippen LogP contribution in [-0.4, -0.2) is 4.98 Å². The Morgan fingerprint density at radius 3 is 2.82 bits per heavy atom. The van der Waals surface area contributed by atoms with E-state index in [9.17, 15) is 8.78 Å². The summed E-state index contributed by atoms with van der Waals surface area (Å²) in [6.45, 7) is 1.84. The molecule has 2 N–H and O–H groups in total. The Morgan fingerprint density at radius 1 is 1.41 bits per heavy atom. The van der Waals surface area contributed by atoms with Crippen LogP contribution in [0.5, 0.6) is 0 Å². The zero-order valence-corrected chi connectivity index (χ0v) is 10.7. The Balaban J connectivity index is 2.12. The van der Waals surface area contributed by atoms with E-state index in [-0.39, 0.29) is 0 Å². The van der Waals surface area contributed by atoms with E-state index in [2.05, 4.69) is 4.98 Å². The zero-order valence-electron chi connectivity index (χ0n) is 9.04. The standard InChI is InChI=1S/C11H10F2N2S2/c1-6-10(17-11(14)15-6)16-5-7-3-2-4-8(12)9(7)13/h2-4H,5H2,1H3,(H2,14,15). The van der Waals surface area contributed by atoms with Gasteiger partial charge in [0.1, 0.15) is 0 Å². The minimum Gasteiger partial charge on any atom is -0.375 e. The van der Waals surface area contributed by atoms with Crippen LogP contribution in [0.3, 0.4) is 0 Å². The highest BCUT2D eigenvalue weighted by molar-refractivity contribution is 8.00. The van der Waals surface area contributed by atoms with Crippen LogP contribution in [-0.2, 0) is 5.75 Å². The van der Waals surface area contributed by atoms with Crippen LogP contribution in [0.2, 0.25) is 0 Å². The molecule has 6 heteroatoms. The molecule has 1 aromatic heterocycles. The second kappa shape index (κ2) is 5.01. The van der Waals surface area contributed by atoms with Crippen molar-refractivity contribution in [2.45, 2.75) is 16.9 Å². The molecule has 0 atom stereocenters. The van der Waals surface area contributed by atoms with Gasteiger partial charge in [-0.2, -0.15) is 0 Å². The van der Waals surface area contributed by atoms with Gasteiger partial charge in [0, 0.05) is 11.3 Å². The number of anilines is 1. The fourth-order valence-corrected chi connectivity index (χ4v) is 3.34. The molecule has 1 heterocycles. The van der Waals surface area contributed by atoms with E-state index in [1.807, 2.05) is 6.92 Å². The maximum atomic E-state index is 13.4. The maximum Gasteiger partial charge on any atom is 0.181 e. The number of nitrogens with two attached hydrogens (primary N) is 1. The van der Waals surface area contributed by atoms with Crippen molar-refractivity contribution in [1.29, 1.82) is 0 Å². The number of benzene rings is 1. The molecule has 0 radical (unpaired) electrons.